The van der Waals surface area contributed by atoms with Crippen LogP contribution in [0.4, 0.5) is 0 Å². The molecule has 0 unspecified atom stereocenters. The molecule has 1 N–H and O–H groups in total. The smallest absolute Gasteiger partial charge is 0.262 e. The highest BCUT2D eigenvalue weighted by Crippen LogP contribution is 2.35. The second kappa shape index (κ2) is 6.50. The minimum Gasteiger partial charge on any atom is -0.354 e. The molecule has 0 spiro atoms. The number of nitriles is 1. The zero-order valence-corrected chi connectivity index (χ0v) is 13.8. The number of amides is 1. The van der Waals surface area contributed by atoms with E-state index < -0.39 is 0 Å². The third-order valence-corrected chi connectivity index (χ3v) is 5.32. The molecule has 7 heteroatoms. The first-order valence-corrected chi connectivity index (χ1v) is 8.55. The van der Waals surface area contributed by atoms with Crippen LogP contribution in [0, 0.1) is 17.2 Å². The first-order chi connectivity index (χ1) is 11.1. The number of hydrogen-bond donors (Lipinski definition) is 1. The Morgan fingerprint density at radius 1 is 1.61 bits per heavy atom. The van der Waals surface area contributed by atoms with E-state index in [1.165, 1.54) is 15.8 Å². The number of nitrogens with zero attached hydrogens (tertiary/aromatic N) is 3. The monoisotopic (exact) mass is 330 g/mol. The number of fused-ring (bicyclic) bond motifs is 3. The van der Waals surface area contributed by atoms with Gasteiger partial charge in [-0.15, -0.1) is 11.3 Å². The Morgan fingerprint density at radius 2 is 2.43 bits per heavy atom. The van der Waals surface area contributed by atoms with Crippen molar-refractivity contribution in [2.75, 3.05) is 6.54 Å². The van der Waals surface area contributed by atoms with Crippen LogP contribution < -0.4 is 10.9 Å². The molecule has 1 aliphatic rings. The molecule has 0 bridgehead atoms. The average molecular weight is 330 g/mol. The molecule has 2 heterocycles. The fraction of sp³-hybridized carbons (Fsp3) is 0.500. The summed E-state index contributed by atoms with van der Waals surface area (Å²) < 4.78 is 1.36. The van der Waals surface area contributed by atoms with Gasteiger partial charge in [-0.2, -0.15) is 5.26 Å². The Kier molecular flexibility index (Phi) is 4.44. The predicted molar refractivity (Wildman–Crippen MR) is 88.3 cm³/mol. The van der Waals surface area contributed by atoms with Crippen LogP contribution in [0.5, 0.6) is 0 Å². The lowest BCUT2D eigenvalue weighted by Gasteiger charge is -2.17. The molecule has 6 nitrogen and oxygen atoms in total. The van der Waals surface area contributed by atoms with E-state index in [1.807, 2.05) is 6.07 Å². The molecular weight excluding hydrogens is 312 g/mol. The Hall–Kier alpha value is -2.20. The summed E-state index contributed by atoms with van der Waals surface area (Å²) in [5, 5.41) is 11.8. The van der Waals surface area contributed by atoms with Crippen LogP contribution >= 0.6 is 11.3 Å². The second-order valence-electron chi connectivity index (χ2n) is 5.97. The number of carbonyl (C=O) groups is 1. The molecule has 1 amide bonds. The fourth-order valence-corrected chi connectivity index (χ4v) is 4.29. The fourth-order valence-electron chi connectivity index (χ4n) is 2.95. The molecule has 120 valence electrons. The van der Waals surface area contributed by atoms with Gasteiger partial charge in [-0.25, -0.2) is 4.98 Å². The number of nitrogens with one attached hydrogen (secondary N) is 1. The van der Waals surface area contributed by atoms with Gasteiger partial charge in [0.25, 0.3) is 5.56 Å². The van der Waals surface area contributed by atoms with E-state index in [2.05, 4.69) is 17.2 Å². The van der Waals surface area contributed by atoms with Crippen molar-refractivity contribution >= 4 is 27.5 Å². The van der Waals surface area contributed by atoms with E-state index in [1.54, 1.807) is 11.3 Å². The van der Waals surface area contributed by atoms with Crippen molar-refractivity contribution in [3.8, 4) is 6.07 Å². The summed E-state index contributed by atoms with van der Waals surface area (Å²) in [6.07, 6.45) is 4.70. The van der Waals surface area contributed by atoms with Crippen molar-refractivity contribution in [3.05, 3.63) is 27.1 Å². The van der Waals surface area contributed by atoms with E-state index >= 15 is 0 Å². The van der Waals surface area contributed by atoms with Gasteiger partial charge in [-0.05, 0) is 30.7 Å². The van der Waals surface area contributed by atoms with Gasteiger partial charge in [-0.1, -0.05) is 6.92 Å². The summed E-state index contributed by atoms with van der Waals surface area (Å²) in [5.41, 5.74) is 0.984. The highest BCUT2D eigenvalue weighted by atomic mass is 32.1. The van der Waals surface area contributed by atoms with Gasteiger partial charge in [0.2, 0.25) is 5.91 Å². The SMILES string of the molecule is C[C@@H]1CCc2c(sc3ncn(CC(=O)NCCC#N)c(=O)c23)C1. The topological polar surface area (TPSA) is 87.8 Å². The normalized spacial score (nSPS) is 16.8. The van der Waals surface area contributed by atoms with Crippen LogP contribution in [-0.4, -0.2) is 22.0 Å². The van der Waals surface area contributed by atoms with Crippen molar-refractivity contribution in [2.24, 2.45) is 5.92 Å². The average Bonchev–Trinajstić information content (AvgIpc) is 2.88. The maximum atomic E-state index is 12.7. The van der Waals surface area contributed by atoms with Crippen LogP contribution in [0.3, 0.4) is 0 Å². The molecule has 0 radical (unpaired) electrons. The summed E-state index contributed by atoms with van der Waals surface area (Å²) in [7, 11) is 0. The van der Waals surface area contributed by atoms with Crippen LogP contribution in [0.25, 0.3) is 10.2 Å². The van der Waals surface area contributed by atoms with Gasteiger partial charge >= 0.3 is 0 Å². The standard InChI is InChI=1S/C16H18N4O2S/c1-10-3-4-11-12(7-10)23-15-14(11)16(22)20(9-19-15)8-13(21)18-6-2-5-17/h9-10H,2-4,6-8H2,1H3,(H,18,21)/t10-/m1/s1. The van der Waals surface area contributed by atoms with Crippen LogP contribution in [-0.2, 0) is 24.2 Å². The number of rotatable bonds is 4. The maximum absolute atomic E-state index is 12.7. The lowest BCUT2D eigenvalue weighted by molar-refractivity contribution is -0.121. The van der Waals surface area contributed by atoms with Crippen LogP contribution in [0.2, 0.25) is 0 Å². The van der Waals surface area contributed by atoms with Crippen molar-refractivity contribution in [1.29, 1.82) is 5.26 Å². The van der Waals surface area contributed by atoms with Gasteiger partial charge in [-0.3, -0.25) is 14.2 Å². The minimum absolute atomic E-state index is 0.0613. The molecule has 0 fully saturated rings. The first-order valence-electron chi connectivity index (χ1n) is 7.73. The Morgan fingerprint density at radius 3 is 3.22 bits per heavy atom. The van der Waals surface area contributed by atoms with Gasteiger partial charge < -0.3 is 5.32 Å². The van der Waals surface area contributed by atoms with Crippen LogP contribution in [0.15, 0.2) is 11.1 Å². The largest absolute Gasteiger partial charge is 0.354 e. The highest BCUT2D eigenvalue weighted by Gasteiger charge is 2.23. The number of carbonyl (C=O) groups excluding carboxylic acids is 1. The molecule has 2 aromatic rings. The van der Waals surface area contributed by atoms with Crippen molar-refractivity contribution in [2.45, 2.75) is 39.2 Å². The van der Waals surface area contributed by atoms with Crippen molar-refractivity contribution in [3.63, 3.8) is 0 Å². The molecule has 2 aromatic heterocycles. The maximum Gasteiger partial charge on any atom is 0.262 e. The molecule has 1 aliphatic carbocycles. The molecule has 0 aliphatic heterocycles. The number of thiophene rings is 1. The van der Waals surface area contributed by atoms with E-state index in [0.717, 1.165) is 29.7 Å². The van der Waals surface area contributed by atoms with Gasteiger partial charge in [0.05, 0.1) is 24.2 Å². The van der Waals surface area contributed by atoms with Gasteiger partial charge in [0.15, 0.2) is 0 Å². The second-order valence-corrected chi connectivity index (χ2v) is 7.05. The molecule has 0 aromatic carbocycles. The summed E-state index contributed by atoms with van der Waals surface area (Å²) in [6, 6.07) is 1.96. The minimum atomic E-state index is -0.277. The predicted octanol–water partition coefficient (Wildman–Crippen LogP) is 1.61. The third kappa shape index (κ3) is 3.13. The van der Waals surface area contributed by atoms with Gasteiger partial charge in [0, 0.05) is 11.4 Å². The Bertz CT molecular complexity index is 846. The lowest BCUT2D eigenvalue weighted by Crippen LogP contribution is -2.33. The highest BCUT2D eigenvalue weighted by molar-refractivity contribution is 7.18. The molecule has 1 atom stereocenters. The van der Waals surface area contributed by atoms with Crippen molar-refractivity contribution in [1.82, 2.24) is 14.9 Å². The summed E-state index contributed by atoms with van der Waals surface area (Å²) in [6.45, 7) is 2.46. The van der Waals surface area contributed by atoms with Crippen molar-refractivity contribution < 1.29 is 4.79 Å². The summed E-state index contributed by atoms with van der Waals surface area (Å²) in [4.78, 5) is 31.0. The number of aromatic nitrogens is 2. The lowest BCUT2D eigenvalue weighted by atomic mass is 9.89. The number of aryl methyl sites for hydroxylation is 1. The molecule has 3 rings (SSSR count). The molecular formula is C16H18N4O2S. The first kappa shape index (κ1) is 15.7. The third-order valence-electron chi connectivity index (χ3n) is 4.16. The Balaban J connectivity index is 1.89. The quantitative estimate of drug-likeness (QED) is 0.863. The zero-order chi connectivity index (χ0) is 16.4. The van der Waals surface area contributed by atoms with E-state index in [-0.39, 0.29) is 24.4 Å². The van der Waals surface area contributed by atoms with Gasteiger partial charge in [0.1, 0.15) is 11.4 Å². The summed E-state index contributed by atoms with van der Waals surface area (Å²) >= 11 is 1.60. The molecule has 0 saturated heterocycles. The molecule has 0 saturated carbocycles. The Labute approximate surface area is 137 Å². The van der Waals surface area contributed by atoms with Crippen LogP contribution in [0.1, 0.15) is 30.2 Å². The molecule has 23 heavy (non-hydrogen) atoms. The van der Waals surface area contributed by atoms with E-state index in [0.29, 0.717) is 17.8 Å². The zero-order valence-electron chi connectivity index (χ0n) is 13.0. The van der Waals surface area contributed by atoms with E-state index in [9.17, 15) is 9.59 Å². The van der Waals surface area contributed by atoms with E-state index in [4.69, 9.17) is 5.26 Å². The summed E-state index contributed by atoms with van der Waals surface area (Å²) in [5.74, 6) is 0.366. The number of hydrogen-bond acceptors (Lipinski definition) is 5.